The number of hydrogen-bond acceptors (Lipinski definition) is 1. The van der Waals surface area contributed by atoms with Crippen LogP contribution in [0.2, 0.25) is 0 Å². The molecule has 1 aliphatic rings. The minimum atomic E-state index is 0.471. The van der Waals surface area contributed by atoms with Gasteiger partial charge < -0.3 is 4.79 Å². The van der Waals surface area contributed by atoms with Crippen LogP contribution < -0.4 is 0 Å². The molecule has 0 amide bonds. The Hall–Kier alpha value is -0.850. The van der Waals surface area contributed by atoms with Crippen LogP contribution in [0.1, 0.15) is 40.0 Å². The van der Waals surface area contributed by atoms with Gasteiger partial charge in [0.15, 0.2) is 0 Å². The largest absolute Gasteiger partial charge is 0.303 e. The summed E-state index contributed by atoms with van der Waals surface area (Å²) in [5.74, 6) is 1.53. The van der Waals surface area contributed by atoms with E-state index in [0.29, 0.717) is 5.92 Å². The van der Waals surface area contributed by atoms with E-state index in [1.807, 2.05) is 0 Å². The van der Waals surface area contributed by atoms with E-state index in [-0.39, 0.29) is 0 Å². The van der Waals surface area contributed by atoms with Crippen molar-refractivity contribution < 1.29 is 4.79 Å². The maximum Gasteiger partial charge on any atom is 0.127 e. The molecule has 1 atom stereocenters. The van der Waals surface area contributed by atoms with E-state index in [0.717, 1.165) is 31.5 Å². The zero-order valence-corrected chi connectivity index (χ0v) is 9.34. The molecular formula is C13H19O. The van der Waals surface area contributed by atoms with Crippen molar-refractivity contribution in [2.24, 2.45) is 5.92 Å². The first-order valence-electron chi connectivity index (χ1n) is 5.25. The van der Waals surface area contributed by atoms with Crippen LogP contribution in [0.5, 0.6) is 0 Å². The average molecular weight is 191 g/mol. The van der Waals surface area contributed by atoms with Crippen molar-refractivity contribution in [3.8, 4) is 0 Å². The molecule has 77 valence electrons. The third-order valence-electron chi connectivity index (χ3n) is 2.50. The molecule has 0 aliphatic heterocycles. The predicted octanol–water partition coefficient (Wildman–Crippen LogP) is 3.47. The molecule has 1 saturated carbocycles. The van der Waals surface area contributed by atoms with E-state index in [2.05, 4.69) is 32.9 Å². The number of carbonyl (C=O) groups is 1. The van der Waals surface area contributed by atoms with Crippen LogP contribution in [0, 0.1) is 11.8 Å². The predicted molar refractivity (Wildman–Crippen MR) is 59.8 cm³/mol. The lowest BCUT2D eigenvalue weighted by Gasteiger charge is -1.97. The lowest BCUT2D eigenvalue weighted by atomic mass is 10.1. The van der Waals surface area contributed by atoms with Gasteiger partial charge in [-0.3, -0.25) is 0 Å². The van der Waals surface area contributed by atoms with Crippen LogP contribution in [0.4, 0.5) is 0 Å². The first-order chi connectivity index (χ1) is 6.63. The van der Waals surface area contributed by atoms with Gasteiger partial charge in [-0.15, -0.1) is 0 Å². The van der Waals surface area contributed by atoms with E-state index in [9.17, 15) is 4.79 Å². The van der Waals surface area contributed by atoms with Gasteiger partial charge >= 0.3 is 0 Å². The highest BCUT2D eigenvalue weighted by Crippen LogP contribution is 2.40. The van der Waals surface area contributed by atoms with Gasteiger partial charge in [0.1, 0.15) is 6.29 Å². The van der Waals surface area contributed by atoms with Gasteiger partial charge in [-0.1, -0.05) is 23.3 Å². The summed E-state index contributed by atoms with van der Waals surface area (Å²) in [5, 5.41) is 0. The highest BCUT2D eigenvalue weighted by atomic mass is 16.1. The first-order valence-corrected chi connectivity index (χ1v) is 5.25. The number of allylic oxidation sites excluding steroid dienone is 4. The number of rotatable bonds is 5. The summed E-state index contributed by atoms with van der Waals surface area (Å²) in [5.41, 5.74) is 2.79. The zero-order chi connectivity index (χ0) is 10.6. The Morgan fingerprint density at radius 3 is 2.64 bits per heavy atom. The summed E-state index contributed by atoms with van der Waals surface area (Å²) in [4.78, 5) is 10.4. The SMILES string of the molecule is CC(C)=CCC/C(C)=C/C1C[C]1C=O. The molecule has 0 N–H and O–H groups in total. The lowest BCUT2D eigenvalue weighted by molar-refractivity contribution is -0.105. The van der Waals surface area contributed by atoms with E-state index < -0.39 is 0 Å². The molecule has 1 unspecified atom stereocenters. The molecule has 0 bridgehead atoms. The van der Waals surface area contributed by atoms with Crippen molar-refractivity contribution in [2.45, 2.75) is 40.0 Å². The van der Waals surface area contributed by atoms with E-state index in [1.165, 1.54) is 11.1 Å². The standard InChI is InChI=1S/C13H19O/c1-10(2)5-4-6-11(3)7-12-8-13(12)9-14/h5,7,9,12H,4,6,8H2,1-3H3/b11-7+. The third kappa shape index (κ3) is 3.91. The molecular weight excluding hydrogens is 172 g/mol. The van der Waals surface area contributed by atoms with Gasteiger partial charge in [-0.25, -0.2) is 0 Å². The minimum Gasteiger partial charge on any atom is -0.303 e. The molecule has 1 aliphatic carbocycles. The average Bonchev–Trinajstić information content (AvgIpc) is 2.82. The molecule has 0 aromatic carbocycles. The third-order valence-corrected chi connectivity index (χ3v) is 2.50. The van der Waals surface area contributed by atoms with Crippen LogP contribution in [-0.2, 0) is 4.79 Å². The summed E-state index contributed by atoms with van der Waals surface area (Å²) >= 11 is 0. The summed E-state index contributed by atoms with van der Waals surface area (Å²) in [6.07, 6.45) is 8.73. The Morgan fingerprint density at radius 1 is 1.43 bits per heavy atom. The van der Waals surface area contributed by atoms with Crippen LogP contribution >= 0.6 is 0 Å². The van der Waals surface area contributed by atoms with Gasteiger partial charge in [0.2, 0.25) is 0 Å². The smallest absolute Gasteiger partial charge is 0.127 e. The van der Waals surface area contributed by atoms with Crippen molar-refractivity contribution in [1.29, 1.82) is 0 Å². The second-order valence-electron chi connectivity index (χ2n) is 4.34. The Kier molecular flexibility index (Phi) is 4.12. The van der Waals surface area contributed by atoms with E-state index in [4.69, 9.17) is 0 Å². The molecule has 0 heterocycles. The molecule has 1 radical (unpaired) electrons. The summed E-state index contributed by atoms with van der Waals surface area (Å²) in [6.45, 7) is 6.40. The molecule has 1 heteroatoms. The van der Waals surface area contributed by atoms with Gasteiger partial charge in [0.05, 0.1) is 0 Å². The van der Waals surface area contributed by atoms with Gasteiger partial charge in [-0.05, 0) is 46.0 Å². The Labute approximate surface area is 86.9 Å². The van der Waals surface area contributed by atoms with Crippen LogP contribution in [0.3, 0.4) is 0 Å². The Balaban J connectivity index is 2.25. The van der Waals surface area contributed by atoms with E-state index >= 15 is 0 Å². The molecule has 0 aromatic heterocycles. The summed E-state index contributed by atoms with van der Waals surface area (Å²) in [6, 6.07) is 0. The van der Waals surface area contributed by atoms with Crippen LogP contribution in [0.15, 0.2) is 23.3 Å². The number of hydrogen-bond donors (Lipinski definition) is 0. The van der Waals surface area contributed by atoms with Gasteiger partial charge in [0.25, 0.3) is 0 Å². The molecule has 0 spiro atoms. The van der Waals surface area contributed by atoms with Crippen LogP contribution in [0.25, 0.3) is 0 Å². The van der Waals surface area contributed by atoms with Crippen molar-refractivity contribution in [2.75, 3.05) is 0 Å². The molecule has 14 heavy (non-hydrogen) atoms. The molecule has 1 fully saturated rings. The lowest BCUT2D eigenvalue weighted by Crippen LogP contribution is -1.81. The molecule has 1 nitrogen and oxygen atoms in total. The highest BCUT2D eigenvalue weighted by Gasteiger charge is 2.35. The fraction of sp³-hybridized carbons (Fsp3) is 0.538. The molecule has 1 rings (SSSR count). The van der Waals surface area contributed by atoms with E-state index in [1.54, 1.807) is 0 Å². The minimum absolute atomic E-state index is 0.471. The fourth-order valence-corrected chi connectivity index (χ4v) is 1.51. The summed E-state index contributed by atoms with van der Waals surface area (Å²) in [7, 11) is 0. The molecule has 0 aromatic rings. The van der Waals surface area contributed by atoms with Crippen molar-refractivity contribution in [3.05, 3.63) is 29.2 Å². The molecule has 0 saturated heterocycles. The topological polar surface area (TPSA) is 17.1 Å². The maximum absolute atomic E-state index is 10.4. The zero-order valence-electron chi connectivity index (χ0n) is 9.34. The quantitative estimate of drug-likeness (QED) is 0.480. The fourth-order valence-electron chi connectivity index (χ4n) is 1.51. The Bertz CT molecular complexity index is 256. The second-order valence-corrected chi connectivity index (χ2v) is 4.34. The summed E-state index contributed by atoms with van der Waals surface area (Å²) < 4.78 is 0. The second kappa shape index (κ2) is 5.14. The maximum atomic E-state index is 10.4. The highest BCUT2D eigenvalue weighted by molar-refractivity contribution is 5.76. The van der Waals surface area contributed by atoms with Crippen molar-refractivity contribution in [1.82, 2.24) is 0 Å². The van der Waals surface area contributed by atoms with Gasteiger partial charge in [0, 0.05) is 5.92 Å². The Morgan fingerprint density at radius 2 is 2.14 bits per heavy atom. The first kappa shape index (κ1) is 11.2. The monoisotopic (exact) mass is 191 g/mol. The van der Waals surface area contributed by atoms with Crippen molar-refractivity contribution in [3.63, 3.8) is 0 Å². The number of aldehydes is 1. The van der Waals surface area contributed by atoms with Crippen LogP contribution in [-0.4, -0.2) is 6.29 Å². The van der Waals surface area contributed by atoms with Gasteiger partial charge in [-0.2, -0.15) is 0 Å². The normalized spacial score (nSPS) is 21.9. The van der Waals surface area contributed by atoms with Crippen molar-refractivity contribution >= 4 is 6.29 Å². The number of carbonyl (C=O) groups excluding carboxylic acids is 1.